The van der Waals surface area contributed by atoms with Crippen molar-refractivity contribution in [3.05, 3.63) is 16.6 Å². The van der Waals surface area contributed by atoms with E-state index in [1.165, 1.54) is 24.9 Å². The quantitative estimate of drug-likeness (QED) is 0.535. The van der Waals surface area contributed by atoms with E-state index in [2.05, 4.69) is 15.3 Å². The number of carbonyl (C=O) groups is 1. The number of nitrogens with zero attached hydrogens (tertiary/aromatic N) is 1. The number of hydrogen-bond acceptors (Lipinski definition) is 4. The van der Waals surface area contributed by atoms with Crippen molar-refractivity contribution in [3.63, 3.8) is 0 Å². The maximum atomic E-state index is 11.2. The highest BCUT2D eigenvalue weighted by Crippen LogP contribution is 2.05. The molecule has 0 aliphatic heterocycles. The van der Waals surface area contributed by atoms with Gasteiger partial charge in [-0.2, -0.15) is 0 Å². The lowest BCUT2D eigenvalue weighted by molar-refractivity contribution is -0.114. The van der Waals surface area contributed by atoms with Gasteiger partial charge in [-0.05, 0) is 6.26 Å². The smallest absolute Gasteiger partial charge is 0.275 e. The molecule has 6 heteroatoms. The number of H-pyrrole nitrogens is 1. The standard InChI is InChI=1S/C7H9N3O2S/c1-4(11)9-5-3-8-7(13-2)10-6(5)12/h3H,1-2H3,(H,9,11)(H,8,10,12). The minimum atomic E-state index is -0.338. The molecule has 2 N–H and O–H groups in total. The van der Waals surface area contributed by atoms with Crippen molar-refractivity contribution >= 4 is 23.4 Å². The van der Waals surface area contributed by atoms with Crippen molar-refractivity contribution in [2.45, 2.75) is 12.1 Å². The third kappa shape index (κ3) is 2.59. The molecule has 13 heavy (non-hydrogen) atoms. The minimum Gasteiger partial charge on any atom is -0.320 e. The molecular weight excluding hydrogens is 190 g/mol. The Bertz CT molecular complexity index is 374. The molecule has 0 unspecified atom stereocenters. The molecule has 0 saturated carbocycles. The summed E-state index contributed by atoms with van der Waals surface area (Å²) in [5, 5.41) is 2.90. The molecule has 0 fully saturated rings. The lowest BCUT2D eigenvalue weighted by atomic mass is 10.5. The Morgan fingerprint density at radius 3 is 2.85 bits per heavy atom. The first-order chi connectivity index (χ1) is 6.13. The van der Waals surface area contributed by atoms with Gasteiger partial charge in [0.1, 0.15) is 5.69 Å². The number of aromatic amines is 1. The average molecular weight is 199 g/mol. The van der Waals surface area contributed by atoms with Gasteiger partial charge >= 0.3 is 0 Å². The first-order valence-corrected chi connectivity index (χ1v) is 4.77. The van der Waals surface area contributed by atoms with Crippen molar-refractivity contribution < 1.29 is 4.79 Å². The fraction of sp³-hybridized carbons (Fsp3) is 0.286. The maximum Gasteiger partial charge on any atom is 0.275 e. The van der Waals surface area contributed by atoms with E-state index in [4.69, 9.17) is 0 Å². The van der Waals surface area contributed by atoms with E-state index < -0.39 is 0 Å². The van der Waals surface area contributed by atoms with Gasteiger partial charge in [0.15, 0.2) is 5.16 Å². The molecule has 0 aromatic carbocycles. The van der Waals surface area contributed by atoms with Gasteiger partial charge in [-0.1, -0.05) is 11.8 Å². The van der Waals surface area contributed by atoms with Crippen LogP contribution in [-0.2, 0) is 4.79 Å². The Kier molecular flexibility index (Phi) is 3.07. The molecule has 0 atom stereocenters. The van der Waals surface area contributed by atoms with Crippen LogP contribution in [0.25, 0.3) is 0 Å². The van der Waals surface area contributed by atoms with E-state index >= 15 is 0 Å². The monoisotopic (exact) mass is 199 g/mol. The van der Waals surface area contributed by atoms with Gasteiger partial charge in [0, 0.05) is 6.92 Å². The number of nitrogens with one attached hydrogen (secondary N) is 2. The second-order valence-corrected chi connectivity index (χ2v) is 3.11. The minimum absolute atomic E-state index is 0.172. The number of rotatable bonds is 2. The molecule has 1 aromatic heterocycles. The molecule has 0 aliphatic carbocycles. The van der Waals surface area contributed by atoms with Crippen LogP contribution in [0.4, 0.5) is 5.69 Å². The van der Waals surface area contributed by atoms with Crippen LogP contribution in [0.5, 0.6) is 0 Å². The van der Waals surface area contributed by atoms with Crippen LogP contribution in [0.15, 0.2) is 16.1 Å². The number of amides is 1. The summed E-state index contributed by atoms with van der Waals surface area (Å²) in [4.78, 5) is 28.3. The van der Waals surface area contributed by atoms with Gasteiger partial charge in [0.25, 0.3) is 5.56 Å². The van der Waals surface area contributed by atoms with Crippen molar-refractivity contribution in [3.8, 4) is 0 Å². The molecule has 0 saturated heterocycles. The third-order valence-electron chi connectivity index (χ3n) is 1.28. The molecule has 1 heterocycles. The van der Waals surface area contributed by atoms with E-state index in [1.54, 1.807) is 6.26 Å². The summed E-state index contributed by atoms with van der Waals surface area (Å²) >= 11 is 1.33. The zero-order valence-electron chi connectivity index (χ0n) is 7.25. The first-order valence-electron chi connectivity index (χ1n) is 3.54. The zero-order chi connectivity index (χ0) is 9.84. The summed E-state index contributed by atoms with van der Waals surface area (Å²) in [5.41, 5.74) is -0.167. The Balaban J connectivity index is 2.99. The zero-order valence-corrected chi connectivity index (χ0v) is 8.07. The van der Waals surface area contributed by atoms with Gasteiger partial charge in [0.05, 0.1) is 6.20 Å². The van der Waals surface area contributed by atoms with E-state index in [-0.39, 0.29) is 17.2 Å². The molecule has 1 rings (SSSR count). The molecule has 70 valence electrons. The van der Waals surface area contributed by atoms with Crippen LogP contribution >= 0.6 is 11.8 Å². The van der Waals surface area contributed by atoms with Gasteiger partial charge in [-0.25, -0.2) is 4.98 Å². The molecule has 0 radical (unpaired) electrons. The average Bonchev–Trinajstić information content (AvgIpc) is 2.08. The number of hydrogen-bond donors (Lipinski definition) is 2. The van der Waals surface area contributed by atoms with Gasteiger partial charge in [0.2, 0.25) is 5.91 Å². The van der Waals surface area contributed by atoms with Crippen molar-refractivity contribution in [2.24, 2.45) is 0 Å². The van der Waals surface area contributed by atoms with Gasteiger partial charge < -0.3 is 5.32 Å². The van der Waals surface area contributed by atoms with Gasteiger partial charge in [-0.15, -0.1) is 0 Å². The largest absolute Gasteiger partial charge is 0.320 e. The fourth-order valence-electron chi connectivity index (χ4n) is 0.761. The molecule has 0 bridgehead atoms. The van der Waals surface area contributed by atoms with Crippen LogP contribution in [0.1, 0.15) is 6.92 Å². The topological polar surface area (TPSA) is 74.8 Å². The molecule has 0 spiro atoms. The predicted molar refractivity (Wildman–Crippen MR) is 50.9 cm³/mol. The maximum absolute atomic E-state index is 11.2. The SMILES string of the molecule is CSc1ncc(NC(C)=O)c(=O)[nH]1. The van der Waals surface area contributed by atoms with Crippen LogP contribution in [0.2, 0.25) is 0 Å². The highest BCUT2D eigenvalue weighted by atomic mass is 32.2. The van der Waals surface area contributed by atoms with Crippen molar-refractivity contribution in [2.75, 3.05) is 11.6 Å². The normalized spacial score (nSPS) is 9.69. The van der Waals surface area contributed by atoms with E-state index in [0.29, 0.717) is 5.16 Å². The van der Waals surface area contributed by atoms with E-state index in [1.807, 2.05) is 0 Å². The third-order valence-corrected chi connectivity index (χ3v) is 1.87. The number of anilines is 1. The highest BCUT2D eigenvalue weighted by Gasteiger charge is 2.02. The van der Waals surface area contributed by atoms with Crippen molar-refractivity contribution in [1.82, 2.24) is 9.97 Å². The number of aromatic nitrogens is 2. The van der Waals surface area contributed by atoms with E-state index in [0.717, 1.165) is 0 Å². The molecular formula is C7H9N3O2S. The van der Waals surface area contributed by atoms with Gasteiger partial charge in [-0.3, -0.25) is 14.6 Å². The Morgan fingerprint density at radius 2 is 2.38 bits per heavy atom. The number of thioether (sulfide) groups is 1. The lowest BCUT2D eigenvalue weighted by Gasteiger charge is -2.00. The second-order valence-electron chi connectivity index (χ2n) is 2.32. The Morgan fingerprint density at radius 1 is 1.69 bits per heavy atom. The Hall–Kier alpha value is -1.30. The second kappa shape index (κ2) is 4.08. The van der Waals surface area contributed by atoms with Crippen LogP contribution in [0.3, 0.4) is 0 Å². The summed E-state index contributed by atoms with van der Waals surface area (Å²) in [6.07, 6.45) is 3.14. The van der Waals surface area contributed by atoms with Crippen LogP contribution in [-0.4, -0.2) is 22.1 Å². The molecule has 1 aromatic rings. The predicted octanol–water partition coefficient (Wildman–Crippen LogP) is 0.450. The highest BCUT2D eigenvalue weighted by molar-refractivity contribution is 7.98. The summed E-state index contributed by atoms with van der Waals surface area (Å²) in [6.45, 7) is 1.34. The summed E-state index contributed by atoms with van der Waals surface area (Å²) in [6, 6.07) is 0. The molecule has 0 aliphatic rings. The van der Waals surface area contributed by atoms with Crippen LogP contribution < -0.4 is 10.9 Å². The number of carbonyl (C=O) groups excluding carboxylic acids is 1. The molecule has 1 amide bonds. The lowest BCUT2D eigenvalue weighted by Crippen LogP contribution is -2.18. The van der Waals surface area contributed by atoms with Crippen molar-refractivity contribution in [1.29, 1.82) is 0 Å². The Labute approximate surface area is 79.0 Å². The summed E-state index contributed by atoms with van der Waals surface area (Å²) in [7, 11) is 0. The fourth-order valence-corrected chi connectivity index (χ4v) is 1.11. The summed E-state index contributed by atoms with van der Waals surface area (Å²) < 4.78 is 0. The van der Waals surface area contributed by atoms with Crippen LogP contribution in [0, 0.1) is 0 Å². The van der Waals surface area contributed by atoms with E-state index in [9.17, 15) is 9.59 Å². The summed E-state index contributed by atoms with van der Waals surface area (Å²) in [5.74, 6) is -0.288. The molecule has 5 nitrogen and oxygen atoms in total. The first kappa shape index (κ1) is 9.79.